The summed E-state index contributed by atoms with van der Waals surface area (Å²) in [5, 5.41) is 3.41. The first-order valence-corrected chi connectivity index (χ1v) is 8.67. The van der Waals surface area contributed by atoms with Gasteiger partial charge in [-0.25, -0.2) is 4.99 Å². The number of morpholine rings is 1. The predicted molar refractivity (Wildman–Crippen MR) is 107 cm³/mol. The largest absolute Gasteiger partial charge is 0.375 e. The molecule has 1 N–H and O–H groups in total. The summed E-state index contributed by atoms with van der Waals surface area (Å²) in [7, 11) is 0. The first-order valence-electron chi connectivity index (χ1n) is 8.67. The molecule has 0 amide bonds. The van der Waals surface area contributed by atoms with Gasteiger partial charge in [0.2, 0.25) is 0 Å². The molecule has 0 aliphatic carbocycles. The molecule has 3 rings (SSSR count). The van der Waals surface area contributed by atoms with Crippen LogP contribution < -0.4 is 5.32 Å². The molecule has 1 aromatic rings. The van der Waals surface area contributed by atoms with Gasteiger partial charge in [0.05, 0.1) is 19.3 Å². The van der Waals surface area contributed by atoms with E-state index in [0.29, 0.717) is 6.54 Å². The third-order valence-corrected chi connectivity index (χ3v) is 4.36. The van der Waals surface area contributed by atoms with Gasteiger partial charge in [0.1, 0.15) is 6.10 Å². The fourth-order valence-electron chi connectivity index (χ4n) is 3.16. The number of benzene rings is 1. The Morgan fingerprint density at radius 2 is 2.00 bits per heavy atom. The monoisotopic (exact) mass is 445 g/mol. The minimum atomic E-state index is 0. The Morgan fingerprint density at radius 3 is 2.71 bits per heavy atom. The van der Waals surface area contributed by atoms with Crippen LogP contribution in [0.1, 0.15) is 25.3 Å². The second kappa shape index (κ2) is 10.2. The van der Waals surface area contributed by atoms with Crippen LogP contribution in [0.15, 0.2) is 35.3 Å². The summed E-state index contributed by atoms with van der Waals surface area (Å²) in [5.74, 6) is 0.975. The minimum Gasteiger partial charge on any atom is -0.375 e. The number of nitrogens with one attached hydrogen (secondary N) is 1. The van der Waals surface area contributed by atoms with Gasteiger partial charge < -0.3 is 19.7 Å². The zero-order valence-electron chi connectivity index (χ0n) is 14.3. The zero-order valence-corrected chi connectivity index (χ0v) is 16.6. The molecule has 2 fully saturated rings. The lowest BCUT2D eigenvalue weighted by molar-refractivity contribution is -0.0817. The zero-order chi connectivity index (χ0) is 15.9. The number of hydrogen-bond donors (Lipinski definition) is 1. The highest BCUT2D eigenvalue weighted by atomic mass is 127. The molecule has 0 radical (unpaired) electrons. The standard InChI is InChI=1S/C18H27N3O2.HI/c1-2-19-18(20-13-15-7-4-3-5-8-15)21-10-12-23-17(14-21)16-9-6-11-22-16;/h3-5,7-8,16-17H,2,6,9-14H2,1H3,(H,19,20);1H. The third-order valence-electron chi connectivity index (χ3n) is 4.36. The van der Waals surface area contributed by atoms with E-state index in [-0.39, 0.29) is 36.2 Å². The molecule has 0 bridgehead atoms. The average Bonchev–Trinajstić information content (AvgIpc) is 3.14. The van der Waals surface area contributed by atoms with Gasteiger partial charge in [-0.05, 0) is 25.3 Å². The van der Waals surface area contributed by atoms with Crippen LogP contribution in [0.2, 0.25) is 0 Å². The molecule has 0 spiro atoms. The maximum Gasteiger partial charge on any atom is 0.194 e. The molecule has 134 valence electrons. The number of guanidine groups is 1. The number of hydrogen-bond acceptors (Lipinski definition) is 3. The van der Waals surface area contributed by atoms with E-state index < -0.39 is 0 Å². The van der Waals surface area contributed by atoms with Crippen LogP contribution in [0.3, 0.4) is 0 Å². The lowest BCUT2D eigenvalue weighted by atomic mass is 10.1. The van der Waals surface area contributed by atoms with Crippen molar-refractivity contribution >= 4 is 29.9 Å². The molecular weight excluding hydrogens is 417 g/mol. The highest BCUT2D eigenvalue weighted by Crippen LogP contribution is 2.21. The van der Waals surface area contributed by atoms with E-state index in [1.54, 1.807) is 0 Å². The lowest BCUT2D eigenvalue weighted by Gasteiger charge is -2.37. The van der Waals surface area contributed by atoms with Crippen molar-refractivity contribution in [1.29, 1.82) is 0 Å². The average molecular weight is 445 g/mol. The van der Waals surface area contributed by atoms with Crippen LogP contribution >= 0.6 is 24.0 Å². The van der Waals surface area contributed by atoms with E-state index in [1.165, 1.54) is 5.56 Å². The number of halogens is 1. The second-order valence-electron chi connectivity index (χ2n) is 6.06. The quantitative estimate of drug-likeness (QED) is 0.440. The topological polar surface area (TPSA) is 46.1 Å². The number of aliphatic imine (C=N–C) groups is 1. The molecule has 1 aromatic carbocycles. The van der Waals surface area contributed by atoms with Crippen molar-refractivity contribution in [3.8, 4) is 0 Å². The summed E-state index contributed by atoms with van der Waals surface area (Å²) in [4.78, 5) is 7.11. The van der Waals surface area contributed by atoms with E-state index >= 15 is 0 Å². The van der Waals surface area contributed by atoms with Crippen molar-refractivity contribution in [3.05, 3.63) is 35.9 Å². The summed E-state index contributed by atoms with van der Waals surface area (Å²) in [6, 6.07) is 10.4. The van der Waals surface area contributed by atoms with Gasteiger partial charge in [0.25, 0.3) is 0 Å². The molecule has 2 saturated heterocycles. The van der Waals surface area contributed by atoms with E-state index in [9.17, 15) is 0 Å². The summed E-state index contributed by atoms with van der Waals surface area (Å²) in [5.41, 5.74) is 1.23. The molecule has 2 heterocycles. The Balaban J connectivity index is 0.00000208. The van der Waals surface area contributed by atoms with Crippen molar-refractivity contribution in [2.75, 3.05) is 32.8 Å². The van der Waals surface area contributed by atoms with E-state index in [1.807, 2.05) is 6.07 Å². The molecule has 5 nitrogen and oxygen atoms in total. The molecule has 2 aliphatic heterocycles. The van der Waals surface area contributed by atoms with Gasteiger partial charge >= 0.3 is 0 Å². The fourth-order valence-corrected chi connectivity index (χ4v) is 3.16. The Bertz CT molecular complexity index is 506. The van der Waals surface area contributed by atoms with Gasteiger partial charge in [0.15, 0.2) is 5.96 Å². The minimum absolute atomic E-state index is 0. The van der Waals surface area contributed by atoms with Gasteiger partial charge in [-0.3, -0.25) is 0 Å². The van der Waals surface area contributed by atoms with Crippen molar-refractivity contribution in [2.24, 2.45) is 4.99 Å². The van der Waals surface area contributed by atoms with E-state index in [0.717, 1.165) is 51.6 Å². The maximum atomic E-state index is 5.93. The Morgan fingerprint density at radius 1 is 1.21 bits per heavy atom. The van der Waals surface area contributed by atoms with E-state index in [4.69, 9.17) is 14.5 Å². The van der Waals surface area contributed by atoms with Crippen molar-refractivity contribution < 1.29 is 9.47 Å². The van der Waals surface area contributed by atoms with Crippen molar-refractivity contribution in [2.45, 2.75) is 38.5 Å². The summed E-state index contributed by atoms with van der Waals surface area (Å²) in [6.07, 6.45) is 2.66. The SMILES string of the molecule is CCNC(=NCc1ccccc1)N1CCOC(C2CCCO2)C1.I. The Hall–Kier alpha value is -0.860. The highest BCUT2D eigenvalue weighted by Gasteiger charge is 2.32. The summed E-state index contributed by atoms with van der Waals surface area (Å²) < 4.78 is 11.7. The normalized spacial score (nSPS) is 24.5. The molecule has 0 aromatic heterocycles. The van der Waals surface area contributed by atoms with Crippen LogP contribution in [0.5, 0.6) is 0 Å². The molecule has 0 saturated carbocycles. The second-order valence-corrected chi connectivity index (χ2v) is 6.06. The van der Waals surface area contributed by atoms with Gasteiger partial charge in [-0.15, -0.1) is 24.0 Å². The summed E-state index contributed by atoms with van der Waals surface area (Å²) >= 11 is 0. The van der Waals surface area contributed by atoms with Crippen molar-refractivity contribution in [1.82, 2.24) is 10.2 Å². The highest BCUT2D eigenvalue weighted by molar-refractivity contribution is 14.0. The number of ether oxygens (including phenoxy) is 2. The van der Waals surface area contributed by atoms with Gasteiger partial charge in [0, 0.05) is 26.2 Å². The maximum absolute atomic E-state index is 5.93. The third kappa shape index (κ3) is 5.32. The van der Waals surface area contributed by atoms with E-state index in [2.05, 4.69) is 41.4 Å². The fraction of sp³-hybridized carbons (Fsp3) is 0.611. The van der Waals surface area contributed by atoms with Crippen LogP contribution in [0.25, 0.3) is 0 Å². The molecule has 2 atom stereocenters. The van der Waals surface area contributed by atoms with Gasteiger partial charge in [-0.2, -0.15) is 0 Å². The summed E-state index contributed by atoms with van der Waals surface area (Å²) in [6.45, 7) is 7.01. The number of rotatable bonds is 4. The van der Waals surface area contributed by atoms with Crippen LogP contribution in [0.4, 0.5) is 0 Å². The Labute approximate surface area is 161 Å². The van der Waals surface area contributed by atoms with Gasteiger partial charge in [-0.1, -0.05) is 30.3 Å². The molecular formula is C18H28IN3O2. The van der Waals surface area contributed by atoms with Crippen LogP contribution in [-0.4, -0.2) is 55.9 Å². The van der Waals surface area contributed by atoms with Crippen LogP contribution in [-0.2, 0) is 16.0 Å². The molecule has 24 heavy (non-hydrogen) atoms. The van der Waals surface area contributed by atoms with Crippen molar-refractivity contribution in [3.63, 3.8) is 0 Å². The predicted octanol–water partition coefficient (Wildman–Crippen LogP) is 2.65. The smallest absolute Gasteiger partial charge is 0.194 e. The lowest BCUT2D eigenvalue weighted by Crippen LogP contribution is -2.53. The first-order chi connectivity index (χ1) is 11.4. The molecule has 2 unspecified atom stereocenters. The number of nitrogens with zero attached hydrogens (tertiary/aromatic N) is 2. The molecule has 6 heteroatoms. The molecule has 2 aliphatic rings. The Kier molecular flexibility index (Phi) is 8.28. The van der Waals surface area contributed by atoms with Crippen LogP contribution in [0, 0.1) is 0 Å². The first kappa shape index (κ1) is 19.5.